The lowest BCUT2D eigenvalue weighted by Gasteiger charge is -2.16. The van der Waals surface area contributed by atoms with E-state index in [0.29, 0.717) is 31.3 Å². The zero-order valence-corrected chi connectivity index (χ0v) is 13.3. The Balaban J connectivity index is 1.68. The molecule has 1 atom stereocenters. The molecule has 0 heterocycles. The van der Waals surface area contributed by atoms with Crippen molar-refractivity contribution in [2.24, 2.45) is 5.92 Å². The minimum Gasteiger partial charge on any atom is -0.356 e. The van der Waals surface area contributed by atoms with Crippen molar-refractivity contribution >= 4 is 11.8 Å². The molecule has 2 N–H and O–H groups in total. The molecule has 1 aliphatic rings. The van der Waals surface area contributed by atoms with Crippen molar-refractivity contribution in [3.8, 4) is 0 Å². The number of hydrogen-bond donors (Lipinski definition) is 2. The van der Waals surface area contributed by atoms with E-state index in [1.807, 2.05) is 18.2 Å². The van der Waals surface area contributed by atoms with E-state index >= 15 is 0 Å². The minimum absolute atomic E-state index is 0.000767. The van der Waals surface area contributed by atoms with E-state index in [9.17, 15) is 9.59 Å². The molecule has 4 heteroatoms. The number of rotatable bonds is 9. The normalized spacial score (nSPS) is 15.1. The van der Waals surface area contributed by atoms with E-state index in [1.54, 1.807) is 0 Å². The van der Waals surface area contributed by atoms with Gasteiger partial charge >= 0.3 is 0 Å². The van der Waals surface area contributed by atoms with Gasteiger partial charge in [-0.1, -0.05) is 30.3 Å². The van der Waals surface area contributed by atoms with Crippen LogP contribution >= 0.6 is 0 Å². The van der Waals surface area contributed by atoms with Crippen molar-refractivity contribution in [2.75, 3.05) is 13.1 Å². The Morgan fingerprint density at radius 1 is 1.09 bits per heavy atom. The first-order chi connectivity index (χ1) is 10.7. The Morgan fingerprint density at radius 2 is 1.73 bits per heavy atom. The lowest BCUT2D eigenvalue weighted by molar-refractivity contribution is -0.122. The number of carbonyl (C=O) groups is 2. The Labute approximate surface area is 132 Å². The van der Waals surface area contributed by atoms with Gasteiger partial charge in [0.25, 0.3) is 0 Å². The molecule has 0 aromatic heterocycles. The molecule has 1 aromatic rings. The maximum atomic E-state index is 12.1. The van der Waals surface area contributed by atoms with E-state index in [2.05, 4.69) is 22.8 Å². The van der Waals surface area contributed by atoms with Crippen LogP contribution in [0.25, 0.3) is 0 Å². The number of unbranched alkanes of at least 4 members (excludes halogenated alkanes) is 1. The first kappa shape index (κ1) is 16.5. The molecule has 0 spiro atoms. The van der Waals surface area contributed by atoms with Gasteiger partial charge in [0.15, 0.2) is 0 Å². The summed E-state index contributed by atoms with van der Waals surface area (Å²) in [5.74, 6) is 1.17. The topological polar surface area (TPSA) is 58.2 Å². The van der Waals surface area contributed by atoms with Crippen molar-refractivity contribution in [1.82, 2.24) is 10.6 Å². The van der Waals surface area contributed by atoms with Gasteiger partial charge in [0, 0.05) is 26.4 Å². The summed E-state index contributed by atoms with van der Waals surface area (Å²) in [5.41, 5.74) is 1.28. The smallest absolute Gasteiger partial charge is 0.220 e. The Kier molecular flexibility index (Phi) is 6.44. The van der Waals surface area contributed by atoms with E-state index in [4.69, 9.17) is 0 Å². The third-order valence-electron chi connectivity index (χ3n) is 4.12. The Hall–Kier alpha value is -1.84. The maximum absolute atomic E-state index is 12.1. The molecular weight excluding hydrogens is 276 g/mol. The summed E-state index contributed by atoms with van der Waals surface area (Å²) in [4.78, 5) is 22.8. The van der Waals surface area contributed by atoms with Crippen LogP contribution in [-0.2, 0) is 9.59 Å². The highest BCUT2D eigenvalue weighted by Gasteiger charge is 2.33. The van der Waals surface area contributed by atoms with Crippen LogP contribution in [0.4, 0.5) is 0 Å². The van der Waals surface area contributed by atoms with Crippen molar-refractivity contribution in [2.45, 2.75) is 44.9 Å². The van der Waals surface area contributed by atoms with Crippen LogP contribution in [0.2, 0.25) is 0 Å². The molecule has 1 fully saturated rings. The van der Waals surface area contributed by atoms with Gasteiger partial charge < -0.3 is 10.6 Å². The average molecular weight is 302 g/mol. The summed E-state index contributed by atoms with van der Waals surface area (Å²) in [7, 11) is 0. The van der Waals surface area contributed by atoms with E-state index in [-0.39, 0.29) is 11.8 Å². The van der Waals surface area contributed by atoms with Crippen molar-refractivity contribution in [3.63, 3.8) is 0 Å². The summed E-state index contributed by atoms with van der Waals surface area (Å²) < 4.78 is 0. The van der Waals surface area contributed by atoms with Gasteiger partial charge in [-0.25, -0.2) is 0 Å². The number of nitrogens with one attached hydrogen (secondary N) is 2. The molecule has 4 nitrogen and oxygen atoms in total. The average Bonchev–Trinajstić information content (AvgIpc) is 3.33. The molecule has 2 rings (SSSR count). The third kappa shape index (κ3) is 5.88. The van der Waals surface area contributed by atoms with Gasteiger partial charge in [0.1, 0.15) is 0 Å². The lowest BCUT2D eigenvalue weighted by atomic mass is 9.91. The second kappa shape index (κ2) is 8.57. The molecule has 2 amide bonds. The summed E-state index contributed by atoms with van der Waals surface area (Å²) in [6.45, 7) is 2.88. The fourth-order valence-corrected chi connectivity index (χ4v) is 2.77. The van der Waals surface area contributed by atoms with Crippen LogP contribution in [0.1, 0.15) is 50.5 Å². The van der Waals surface area contributed by atoms with E-state index in [0.717, 1.165) is 12.8 Å². The monoisotopic (exact) mass is 302 g/mol. The fraction of sp³-hybridized carbons (Fsp3) is 0.556. The molecule has 1 aromatic carbocycles. The second-order valence-corrected chi connectivity index (χ2v) is 6.10. The lowest BCUT2D eigenvalue weighted by Crippen LogP contribution is -2.27. The number of amides is 2. The fourth-order valence-electron chi connectivity index (χ4n) is 2.77. The highest BCUT2D eigenvalue weighted by atomic mass is 16.2. The molecule has 120 valence electrons. The third-order valence-corrected chi connectivity index (χ3v) is 4.12. The van der Waals surface area contributed by atoms with Crippen molar-refractivity contribution in [1.29, 1.82) is 0 Å². The van der Waals surface area contributed by atoms with Crippen LogP contribution < -0.4 is 10.6 Å². The second-order valence-electron chi connectivity index (χ2n) is 6.10. The predicted molar refractivity (Wildman–Crippen MR) is 87.5 cm³/mol. The molecule has 1 saturated carbocycles. The Bertz CT molecular complexity index is 483. The summed E-state index contributed by atoms with van der Waals surface area (Å²) in [5, 5.41) is 5.76. The summed E-state index contributed by atoms with van der Waals surface area (Å²) in [6, 6.07) is 10.4. The van der Waals surface area contributed by atoms with Crippen LogP contribution in [0, 0.1) is 5.92 Å². The van der Waals surface area contributed by atoms with Gasteiger partial charge in [0.2, 0.25) is 11.8 Å². The van der Waals surface area contributed by atoms with Gasteiger partial charge in [-0.15, -0.1) is 0 Å². The zero-order chi connectivity index (χ0) is 15.8. The number of benzene rings is 1. The van der Waals surface area contributed by atoms with Crippen LogP contribution in [0.5, 0.6) is 0 Å². The summed E-state index contributed by atoms with van der Waals surface area (Å²) in [6.07, 6.45) is 4.85. The van der Waals surface area contributed by atoms with Gasteiger partial charge in [0.05, 0.1) is 0 Å². The number of hydrogen-bond acceptors (Lipinski definition) is 2. The molecule has 1 unspecified atom stereocenters. The van der Waals surface area contributed by atoms with Crippen LogP contribution in [0.15, 0.2) is 30.3 Å². The Morgan fingerprint density at radius 3 is 2.32 bits per heavy atom. The molecule has 0 radical (unpaired) electrons. The predicted octanol–water partition coefficient (Wildman–Crippen LogP) is 2.60. The van der Waals surface area contributed by atoms with Gasteiger partial charge in [-0.3, -0.25) is 9.59 Å². The van der Waals surface area contributed by atoms with Crippen molar-refractivity contribution in [3.05, 3.63) is 35.9 Å². The highest BCUT2D eigenvalue weighted by Crippen LogP contribution is 2.44. The van der Waals surface area contributed by atoms with Crippen LogP contribution in [0.3, 0.4) is 0 Å². The molecule has 0 bridgehead atoms. The largest absolute Gasteiger partial charge is 0.356 e. The standard InChI is InChI=1S/C18H26N2O2/c1-14(21)19-11-5-6-12-20-18(22)13-17(16-9-10-16)15-7-3-2-4-8-15/h2-4,7-8,16-17H,5-6,9-13H2,1H3,(H,19,21)(H,20,22). The first-order valence-corrected chi connectivity index (χ1v) is 8.23. The van der Waals surface area contributed by atoms with Crippen molar-refractivity contribution < 1.29 is 9.59 Å². The molecule has 0 aliphatic heterocycles. The molecular formula is C18H26N2O2. The SMILES string of the molecule is CC(=O)NCCCCNC(=O)CC(c1ccccc1)C1CC1. The van der Waals surface area contributed by atoms with E-state index < -0.39 is 0 Å². The van der Waals surface area contributed by atoms with Crippen LogP contribution in [-0.4, -0.2) is 24.9 Å². The van der Waals surface area contributed by atoms with E-state index in [1.165, 1.54) is 25.3 Å². The zero-order valence-electron chi connectivity index (χ0n) is 13.3. The van der Waals surface area contributed by atoms with Gasteiger partial charge in [-0.2, -0.15) is 0 Å². The quantitative estimate of drug-likeness (QED) is 0.689. The highest BCUT2D eigenvalue weighted by molar-refractivity contribution is 5.77. The molecule has 0 saturated heterocycles. The maximum Gasteiger partial charge on any atom is 0.220 e. The number of carbonyl (C=O) groups excluding carboxylic acids is 2. The summed E-state index contributed by atoms with van der Waals surface area (Å²) >= 11 is 0. The molecule has 1 aliphatic carbocycles. The first-order valence-electron chi connectivity index (χ1n) is 8.23. The minimum atomic E-state index is -0.000767. The molecule has 22 heavy (non-hydrogen) atoms. The van der Waals surface area contributed by atoms with Gasteiger partial charge in [-0.05, 0) is 43.1 Å².